The van der Waals surface area contributed by atoms with E-state index in [1.807, 2.05) is 12.1 Å². The summed E-state index contributed by atoms with van der Waals surface area (Å²) in [7, 11) is 0. The molecule has 0 aliphatic heterocycles. The van der Waals surface area contributed by atoms with Crippen molar-refractivity contribution in [3.8, 4) is 0 Å². The van der Waals surface area contributed by atoms with Crippen molar-refractivity contribution in [3.05, 3.63) is 41.8 Å². The van der Waals surface area contributed by atoms with Crippen molar-refractivity contribution in [2.75, 3.05) is 13.2 Å². The molecule has 0 aromatic heterocycles. The van der Waals surface area contributed by atoms with Crippen LogP contribution in [0, 0.1) is 6.92 Å². The van der Waals surface area contributed by atoms with E-state index in [4.69, 9.17) is 16.3 Å². The Balaban J connectivity index is 1.87. The van der Waals surface area contributed by atoms with E-state index < -0.39 is 0 Å². The van der Waals surface area contributed by atoms with Crippen LogP contribution >= 0.6 is 11.6 Å². The van der Waals surface area contributed by atoms with Crippen molar-refractivity contribution in [2.45, 2.75) is 51.4 Å². The molecule has 0 spiro atoms. The molecule has 0 N–H and O–H groups in total. The third-order valence-electron chi connectivity index (χ3n) is 3.21. The van der Waals surface area contributed by atoms with Gasteiger partial charge in [-0.15, -0.1) is 0 Å². The van der Waals surface area contributed by atoms with Crippen molar-refractivity contribution in [2.24, 2.45) is 0 Å². The minimum absolute atomic E-state index is 0.822. The summed E-state index contributed by atoms with van der Waals surface area (Å²) in [4.78, 5) is 0. The zero-order valence-electron chi connectivity index (χ0n) is 11.9. The highest BCUT2D eigenvalue weighted by Crippen LogP contribution is 2.13. The zero-order chi connectivity index (χ0) is 13.8. The topological polar surface area (TPSA) is 9.23 Å². The standard InChI is InChI=1S/C17H26ClO/c1-2-3-14-19-15-8-6-4-5-7-9-16-10-12-17(18)13-11-16/h10-13H,1-9,14-15H2. The van der Waals surface area contributed by atoms with Gasteiger partial charge in [0.25, 0.3) is 0 Å². The van der Waals surface area contributed by atoms with Gasteiger partial charge in [-0.25, -0.2) is 0 Å². The minimum atomic E-state index is 0.822. The van der Waals surface area contributed by atoms with Crippen LogP contribution in [0.4, 0.5) is 0 Å². The number of unbranched alkanes of at least 4 members (excludes halogenated alkanes) is 5. The Kier molecular flexibility index (Phi) is 9.84. The zero-order valence-corrected chi connectivity index (χ0v) is 12.6. The predicted octanol–water partition coefficient (Wildman–Crippen LogP) is 5.46. The van der Waals surface area contributed by atoms with Gasteiger partial charge in [0.15, 0.2) is 0 Å². The summed E-state index contributed by atoms with van der Waals surface area (Å²) in [5.41, 5.74) is 1.39. The van der Waals surface area contributed by atoms with Crippen LogP contribution < -0.4 is 0 Å². The SMILES string of the molecule is [CH2]CCCOCCCCCCCc1ccc(Cl)cc1. The number of aryl methyl sites for hydroxylation is 1. The molecule has 0 aliphatic rings. The molecule has 0 atom stereocenters. The fourth-order valence-electron chi connectivity index (χ4n) is 2.02. The van der Waals surface area contributed by atoms with Gasteiger partial charge in [-0.2, -0.15) is 0 Å². The molecule has 1 rings (SSSR count). The third-order valence-corrected chi connectivity index (χ3v) is 3.46. The van der Waals surface area contributed by atoms with E-state index in [-0.39, 0.29) is 0 Å². The highest BCUT2D eigenvalue weighted by Gasteiger charge is 1.95. The maximum atomic E-state index is 5.86. The van der Waals surface area contributed by atoms with E-state index in [2.05, 4.69) is 19.1 Å². The largest absolute Gasteiger partial charge is 0.381 e. The summed E-state index contributed by atoms with van der Waals surface area (Å²) in [6.07, 6.45) is 9.59. The molecule has 1 nitrogen and oxygen atoms in total. The maximum absolute atomic E-state index is 5.86. The Bertz CT molecular complexity index is 308. The molecule has 0 heterocycles. The normalized spacial score (nSPS) is 10.8. The second kappa shape index (κ2) is 11.3. The molecule has 0 bridgehead atoms. The Morgan fingerprint density at radius 1 is 0.842 bits per heavy atom. The van der Waals surface area contributed by atoms with Crippen molar-refractivity contribution in [3.63, 3.8) is 0 Å². The first-order valence-electron chi connectivity index (χ1n) is 7.44. The average Bonchev–Trinajstić information content (AvgIpc) is 2.43. The molecule has 0 saturated heterocycles. The smallest absolute Gasteiger partial charge is 0.0466 e. The van der Waals surface area contributed by atoms with Crippen LogP contribution in [0.5, 0.6) is 0 Å². The first kappa shape index (κ1) is 16.5. The lowest BCUT2D eigenvalue weighted by Gasteiger charge is -2.04. The van der Waals surface area contributed by atoms with Crippen LogP contribution in [0.25, 0.3) is 0 Å². The summed E-state index contributed by atoms with van der Waals surface area (Å²) < 4.78 is 5.51. The summed E-state index contributed by atoms with van der Waals surface area (Å²) in [5, 5.41) is 0.822. The fourth-order valence-corrected chi connectivity index (χ4v) is 2.15. The van der Waals surface area contributed by atoms with Gasteiger partial charge in [-0.1, -0.05) is 56.3 Å². The number of ether oxygens (including phenoxy) is 1. The van der Waals surface area contributed by atoms with Crippen molar-refractivity contribution in [1.29, 1.82) is 0 Å². The second-order valence-corrected chi connectivity index (χ2v) is 5.40. The summed E-state index contributed by atoms with van der Waals surface area (Å²) in [5.74, 6) is 0. The molecule has 107 valence electrons. The lowest BCUT2D eigenvalue weighted by Crippen LogP contribution is -1.96. The van der Waals surface area contributed by atoms with E-state index in [0.29, 0.717) is 0 Å². The van der Waals surface area contributed by atoms with Crippen LogP contribution in [-0.2, 0) is 11.2 Å². The number of hydrogen-bond acceptors (Lipinski definition) is 1. The third kappa shape index (κ3) is 9.07. The number of benzene rings is 1. The Hall–Kier alpha value is -0.530. The molecule has 0 aliphatic carbocycles. The molecule has 1 radical (unpaired) electrons. The first-order valence-corrected chi connectivity index (χ1v) is 7.82. The number of rotatable bonds is 11. The Morgan fingerprint density at radius 3 is 2.21 bits per heavy atom. The molecular weight excluding hydrogens is 256 g/mol. The van der Waals surface area contributed by atoms with Gasteiger partial charge in [-0.05, 0) is 43.4 Å². The number of halogens is 1. The minimum Gasteiger partial charge on any atom is -0.381 e. The predicted molar refractivity (Wildman–Crippen MR) is 83.7 cm³/mol. The van der Waals surface area contributed by atoms with Gasteiger partial charge in [0, 0.05) is 18.2 Å². The lowest BCUT2D eigenvalue weighted by atomic mass is 10.1. The quantitative estimate of drug-likeness (QED) is 0.489. The van der Waals surface area contributed by atoms with Crippen LogP contribution in [0.1, 0.15) is 50.5 Å². The van der Waals surface area contributed by atoms with E-state index in [0.717, 1.165) is 37.5 Å². The van der Waals surface area contributed by atoms with Crippen molar-refractivity contribution < 1.29 is 4.74 Å². The van der Waals surface area contributed by atoms with Crippen LogP contribution in [0.15, 0.2) is 24.3 Å². The van der Waals surface area contributed by atoms with Gasteiger partial charge in [-0.3, -0.25) is 0 Å². The van der Waals surface area contributed by atoms with Crippen LogP contribution in [0.3, 0.4) is 0 Å². The van der Waals surface area contributed by atoms with E-state index in [9.17, 15) is 0 Å². The molecule has 1 aromatic rings. The molecule has 0 fully saturated rings. The van der Waals surface area contributed by atoms with Gasteiger partial charge in [0.1, 0.15) is 0 Å². The molecule has 0 unspecified atom stereocenters. The van der Waals surface area contributed by atoms with Crippen LogP contribution in [-0.4, -0.2) is 13.2 Å². The molecule has 0 amide bonds. The Morgan fingerprint density at radius 2 is 1.47 bits per heavy atom. The van der Waals surface area contributed by atoms with Gasteiger partial charge < -0.3 is 4.74 Å². The molecular formula is C17H26ClO. The molecule has 2 heteroatoms. The van der Waals surface area contributed by atoms with Gasteiger partial charge >= 0.3 is 0 Å². The average molecular weight is 282 g/mol. The van der Waals surface area contributed by atoms with Gasteiger partial charge in [0.2, 0.25) is 0 Å². The van der Waals surface area contributed by atoms with E-state index in [1.165, 1.54) is 37.7 Å². The summed E-state index contributed by atoms with van der Waals surface area (Å²) in [6.45, 7) is 5.58. The molecule has 1 aromatic carbocycles. The molecule has 0 saturated carbocycles. The lowest BCUT2D eigenvalue weighted by molar-refractivity contribution is 0.128. The van der Waals surface area contributed by atoms with Crippen molar-refractivity contribution in [1.82, 2.24) is 0 Å². The maximum Gasteiger partial charge on any atom is 0.0466 e. The highest BCUT2D eigenvalue weighted by atomic mass is 35.5. The highest BCUT2D eigenvalue weighted by molar-refractivity contribution is 6.30. The Labute approximate surface area is 123 Å². The van der Waals surface area contributed by atoms with E-state index >= 15 is 0 Å². The first-order chi connectivity index (χ1) is 9.33. The monoisotopic (exact) mass is 281 g/mol. The molecule has 19 heavy (non-hydrogen) atoms. The van der Waals surface area contributed by atoms with Gasteiger partial charge in [0.05, 0.1) is 0 Å². The summed E-state index contributed by atoms with van der Waals surface area (Å²) >= 11 is 5.86. The summed E-state index contributed by atoms with van der Waals surface area (Å²) in [6, 6.07) is 8.19. The number of hydrogen-bond donors (Lipinski definition) is 0. The van der Waals surface area contributed by atoms with Crippen molar-refractivity contribution >= 4 is 11.6 Å². The second-order valence-electron chi connectivity index (χ2n) is 4.96. The van der Waals surface area contributed by atoms with E-state index in [1.54, 1.807) is 0 Å². The van der Waals surface area contributed by atoms with Crippen LogP contribution in [0.2, 0.25) is 5.02 Å². The fraction of sp³-hybridized carbons (Fsp3) is 0.588.